The molecule has 2 heterocycles. The number of amides is 2. The summed E-state index contributed by atoms with van der Waals surface area (Å²) in [5.74, 6) is -0.308. The predicted octanol–water partition coefficient (Wildman–Crippen LogP) is 2.20. The molecule has 2 aromatic rings. The third-order valence-corrected chi connectivity index (χ3v) is 4.46. The molecular weight excluding hydrogens is 332 g/mol. The van der Waals surface area contributed by atoms with E-state index in [1.54, 1.807) is 24.3 Å². The van der Waals surface area contributed by atoms with Gasteiger partial charge >= 0.3 is 0 Å². The van der Waals surface area contributed by atoms with E-state index in [1.807, 2.05) is 13.1 Å². The number of benzene rings is 1. The monoisotopic (exact) mass is 356 g/mol. The van der Waals surface area contributed by atoms with Gasteiger partial charge in [-0.15, -0.1) is 0 Å². The maximum Gasteiger partial charge on any atom is 0.253 e. The Morgan fingerprint density at radius 2 is 2.27 bits per heavy atom. The van der Waals surface area contributed by atoms with Gasteiger partial charge in [0.15, 0.2) is 0 Å². The normalized spacial score (nSPS) is 16.4. The predicted molar refractivity (Wildman–Crippen MR) is 98.0 cm³/mol. The molecule has 0 aliphatic carbocycles. The summed E-state index contributed by atoms with van der Waals surface area (Å²) >= 11 is 0. The molecule has 2 amide bonds. The number of ether oxygens (including phenoxy) is 1. The van der Waals surface area contributed by atoms with Crippen LogP contribution in [0, 0.1) is 6.92 Å². The summed E-state index contributed by atoms with van der Waals surface area (Å²) in [6, 6.07) is 6.94. The smallest absolute Gasteiger partial charge is 0.253 e. The van der Waals surface area contributed by atoms with Gasteiger partial charge in [0, 0.05) is 30.1 Å². The molecule has 7 heteroatoms. The largest absolute Gasteiger partial charge is 0.368 e. The molecule has 1 saturated heterocycles. The third kappa shape index (κ3) is 4.70. The molecule has 1 unspecified atom stereocenters. The van der Waals surface area contributed by atoms with Crippen LogP contribution >= 0.6 is 0 Å². The minimum Gasteiger partial charge on any atom is -0.368 e. The first-order chi connectivity index (χ1) is 12.6. The number of H-pyrrole nitrogens is 1. The third-order valence-electron chi connectivity index (χ3n) is 4.46. The Morgan fingerprint density at radius 1 is 1.38 bits per heavy atom. The molecule has 0 radical (unpaired) electrons. The van der Waals surface area contributed by atoms with E-state index < -0.39 is 0 Å². The van der Waals surface area contributed by atoms with Gasteiger partial charge in [0.05, 0.1) is 6.20 Å². The number of hydrogen-bond donors (Lipinski definition) is 3. The molecule has 3 N–H and O–H groups in total. The maximum atomic E-state index is 12.3. The summed E-state index contributed by atoms with van der Waals surface area (Å²) in [6.07, 6.45) is 4.76. The Balaban J connectivity index is 1.48. The van der Waals surface area contributed by atoms with Crippen LogP contribution in [0.25, 0.3) is 0 Å². The van der Waals surface area contributed by atoms with E-state index in [2.05, 4.69) is 20.8 Å². The molecule has 0 bridgehead atoms. The van der Waals surface area contributed by atoms with Gasteiger partial charge in [0.2, 0.25) is 0 Å². The maximum absolute atomic E-state index is 12.3. The van der Waals surface area contributed by atoms with Gasteiger partial charge in [-0.25, -0.2) is 0 Å². The minimum atomic E-state index is -0.390. The second-order valence-electron chi connectivity index (χ2n) is 6.45. The molecule has 1 fully saturated rings. The summed E-state index contributed by atoms with van der Waals surface area (Å²) < 4.78 is 5.37. The van der Waals surface area contributed by atoms with Crippen molar-refractivity contribution < 1.29 is 14.3 Å². The Hall–Kier alpha value is -2.67. The van der Waals surface area contributed by atoms with E-state index in [0.29, 0.717) is 24.4 Å². The second kappa shape index (κ2) is 8.62. The van der Waals surface area contributed by atoms with Crippen LogP contribution in [0.2, 0.25) is 0 Å². The van der Waals surface area contributed by atoms with E-state index in [1.165, 1.54) is 0 Å². The SMILES string of the molecule is Cc1[nH]ncc1CCCNC(=O)c1cccc(NC(=O)C2CCCO2)c1. The quantitative estimate of drug-likeness (QED) is 0.663. The van der Waals surface area contributed by atoms with Crippen LogP contribution in [0.5, 0.6) is 0 Å². The lowest BCUT2D eigenvalue weighted by Crippen LogP contribution is -2.27. The molecular formula is C19H24N4O3. The lowest BCUT2D eigenvalue weighted by atomic mass is 10.1. The van der Waals surface area contributed by atoms with Crippen molar-refractivity contribution in [2.75, 3.05) is 18.5 Å². The number of aromatic amines is 1. The molecule has 1 aliphatic rings. The topological polar surface area (TPSA) is 96.1 Å². The molecule has 0 spiro atoms. The van der Waals surface area contributed by atoms with Crippen molar-refractivity contribution >= 4 is 17.5 Å². The number of carbonyl (C=O) groups excluding carboxylic acids is 2. The number of rotatable bonds is 7. The van der Waals surface area contributed by atoms with Crippen LogP contribution in [0.4, 0.5) is 5.69 Å². The number of nitrogens with zero attached hydrogens (tertiary/aromatic N) is 1. The number of aryl methyl sites for hydroxylation is 2. The Morgan fingerprint density at radius 3 is 3.00 bits per heavy atom. The van der Waals surface area contributed by atoms with Crippen molar-refractivity contribution in [3.63, 3.8) is 0 Å². The first-order valence-electron chi connectivity index (χ1n) is 8.93. The Labute approximate surface area is 152 Å². The average Bonchev–Trinajstić information content (AvgIpc) is 3.31. The van der Waals surface area contributed by atoms with Gasteiger partial charge in [-0.05, 0) is 56.4 Å². The van der Waals surface area contributed by atoms with Gasteiger partial charge in [-0.2, -0.15) is 5.10 Å². The van der Waals surface area contributed by atoms with Crippen LogP contribution in [-0.4, -0.2) is 41.3 Å². The number of nitrogens with one attached hydrogen (secondary N) is 3. The fraction of sp³-hybridized carbons (Fsp3) is 0.421. The van der Waals surface area contributed by atoms with E-state index in [-0.39, 0.29) is 17.9 Å². The summed E-state index contributed by atoms with van der Waals surface area (Å²) in [5, 5.41) is 12.6. The molecule has 1 aromatic carbocycles. The van der Waals surface area contributed by atoms with Gasteiger partial charge in [0.1, 0.15) is 6.10 Å². The first-order valence-corrected chi connectivity index (χ1v) is 8.93. The molecule has 1 aliphatic heterocycles. The lowest BCUT2D eigenvalue weighted by molar-refractivity contribution is -0.124. The minimum absolute atomic E-state index is 0.151. The molecule has 0 saturated carbocycles. The van der Waals surface area contributed by atoms with E-state index >= 15 is 0 Å². The zero-order valence-corrected chi connectivity index (χ0v) is 14.9. The van der Waals surface area contributed by atoms with Crippen LogP contribution in [0.3, 0.4) is 0 Å². The molecule has 1 atom stereocenters. The van der Waals surface area contributed by atoms with Crippen LogP contribution < -0.4 is 10.6 Å². The van der Waals surface area contributed by atoms with Crippen molar-refractivity contribution in [3.05, 3.63) is 47.3 Å². The highest BCUT2D eigenvalue weighted by Gasteiger charge is 2.23. The first kappa shape index (κ1) is 18.1. The zero-order valence-electron chi connectivity index (χ0n) is 14.9. The van der Waals surface area contributed by atoms with Crippen molar-refractivity contribution in [1.29, 1.82) is 0 Å². The van der Waals surface area contributed by atoms with Crippen molar-refractivity contribution in [3.8, 4) is 0 Å². The van der Waals surface area contributed by atoms with E-state index in [9.17, 15) is 9.59 Å². The van der Waals surface area contributed by atoms with Crippen molar-refractivity contribution in [2.45, 2.75) is 38.7 Å². The van der Waals surface area contributed by atoms with Gasteiger partial charge in [-0.1, -0.05) is 6.07 Å². The summed E-state index contributed by atoms with van der Waals surface area (Å²) in [7, 11) is 0. The zero-order chi connectivity index (χ0) is 18.4. The standard InChI is InChI=1S/C19H24N4O3/c1-13-15(12-21-23-13)6-3-9-20-18(24)14-5-2-7-16(11-14)22-19(25)17-8-4-10-26-17/h2,5,7,11-12,17H,3-4,6,8-10H2,1H3,(H,20,24)(H,21,23)(H,22,25). The van der Waals surface area contributed by atoms with Gasteiger partial charge in [0.25, 0.3) is 11.8 Å². The van der Waals surface area contributed by atoms with Gasteiger partial charge < -0.3 is 15.4 Å². The van der Waals surface area contributed by atoms with Crippen LogP contribution in [-0.2, 0) is 16.0 Å². The van der Waals surface area contributed by atoms with Crippen molar-refractivity contribution in [1.82, 2.24) is 15.5 Å². The highest BCUT2D eigenvalue weighted by molar-refractivity contribution is 5.98. The Bertz CT molecular complexity index is 766. The fourth-order valence-electron chi connectivity index (χ4n) is 2.96. The number of anilines is 1. The second-order valence-corrected chi connectivity index (χ2v) is 6.45. The molecule has 26 heavy (non-hydrogen) atoms. The summed E-state index contributed by atoms with van der Waals surface area (Å²) in [4.78, 5) is 24.4. The number of aromatic nitrogens is 2. The van der Waals surface area contributed by atoms with Crippen LogP contribution in [0.15, 0.2) is 30.5 Å². The number of hydrogen-bond acceptors (Lipinski definition) is 4. The highest BCUT2D eigenvalue weighted by atomic mass is 16.5. The molecule has 1 aromatic heterocycles. The van der Waals surface area contributed by atoms with E-state index in [4.69, 9.17) is 4.74 Å². The van der Waals surface area contributed by atoms with E-state index in [0.717, 1.165) is 36.9 Å². The molecule has 138 valence electrons. The van der Waals surface area contributed by atoms with Crippen molar-refractivity contribution in [2.24, 2.45) is 0 Å². The van der Waals surface area contributed by atoms with Gasteiger partial charge in [-0.3, -0.25) is 14.7 Å². The summed E-state index contributed by atoms with van der Waals surface area (Å²) in [5.41, 5.74) is 3.35. The lowest BCUT2D eigenvalue weighted by Gasteiger charge is -2.11. The van der Waals surface area contributed by atoms with Crippen LogP contribution in [0.1, 0.15) is 40.9 Å². The molecule has 3 rings (SSSR count). The fourth-order valence-corrected chi connectivity index (χ4v) is 2.96. The highest BCUT2D eigenvalue weighted by Crippen LogP contribution is 2.16. The number of carbonyl (C=O) groups is 2. The average molecular weight is 356 g/mol. The Kier molecular flexibility index (Phi) is 6.01. The summed E-state index contributed by atoms with van der Waals surface area (Å²) in [6.45, 7) is 3.19. The molecule has 7 nitrogen and oxygen atoms in total.